The maximum atomic E-state index is 12.8. The smallest absolute Gasteiger partial charge is 0.426 e. The Kier molecular flexibility index (Phi) is 3.54. The van der Waals surface area contributed by atoms with Crippen LogP contribution in [0.25, 0.3) is 0 Å². The summed E-state index contributed by atoms with van der Waals surface area (Å²) in [5, 5.41) is 8.82. The quantitative estimate of drug-likeness (QED) is 0.809. The van der Waals surface area contributed by atoms with Gasteiger partial charge in [-0.3, -0.25) is 4.79 Å². The summed E-state index contributed by atoms with van der Waals surface area (Å²) in [6, 6.07) is 2.06. The van der Waals surface area contributed by atoms with Crippen LogP contribution >= 0.6 is 0 Å². The zero-order valence-corrected chi connectivity index (χ0v) is 10.1. The van der Waals surface area contributed by atoms with E-state index in [1.54, 1.807) is 0 Å². The normalized spacial score (nSPS) is 22.4. The molecule has 1 aromatic carbocycles. The second-order valence-electron chi connectivity index (χ2n) is 4.55. The number of benzene rings is 1. The van der Waals surface area contributed by atoms with E-state index in [-0.39, 0.29) is 5.56 Å². The highest BCUT2D eigenvalue weighted by Gasteiger charge is 2.52. The Morgan fingerprint density at radius 1 is 1.19 bits per heavy atom. The maximum Gasteiger partial charge on any atom is 0.426 e. The summed E-state index contributed by atoms with van der Waals surface area (Å²) in [5.41, 5.74) is -1.16. The number of alkyl halides is 6. The fourth-order valence-corrected chi connectivity index (χ4v) is 2.08. The molecule has 2 rings (SSSR count). The number of hydrogen-bond acceptors (Lipinski definition) is 2. The SMILES string of the molecule is O=C(O)C1Cc2ccc(C(F)(F)F)cc2OC1C(F)(F)F. The van der Waals surface area contributed by atoms with Crippen LogP contribution < -0.4 is 4.74 Å². The summed E-state index contributed by atoms with van der Waals surface area (Å²) in [6.07, 6.45) is -12.9. The summed E-state index contributed by atoms with van der Waals surface area (Å²) >= 11 is 0. The molecule has 0 amide bonds. The molecule has 2 unspecified atom stereocenters. The molecule has 3 nitrogen and oxygen atoms in total. The molecule has 1 aliphatic heterocycles. The highest BCUT2D eigenvalue weighted by Crippen LogP contribution is 2.41. The van der Waals surface area contributed by atoms with Gasteiger partial charge in [0.1, 0.15) is 11.7 Å². The van der Waals surface area contributed by atoms with Crippen molar-refractivity contribution in [1.29, 1.82) is 0 Å². The monoisotopic (exact) mass is 314 g/mol. The van der Waals surface area contributed by atoms with Crippen molar-refractivity contribution < 1.29 is 41.0 Å². The number of halogens is 6. The Balaban J connectivity index is 2.43. The average molecular weight is 314 g/mol. The van der Waals surface area contributed by atoms with Crippen LogP contribution in [0.1, 0.15) is 11.1 Å². The minimum absolute atomic E-state index is 0.00380. The van der Waals surface area contributed by atoms with E-state index in [0.29, 0.717) is 12.1 Å². The van der Waals surface area contributed by atoms with Gasteiger partial charge in [-0.05, 0) is 24.1 Å². The van der Waals surface area contributed by atoms with Crippen LogP contribution in [0, 0.1) is 5.92 Å². The molecule has 1 N–H and O–H groups in total. The topological polar surface area (TPSA) is 46.5 Å². The molecule has 0 saturated carbocycles. The van der Waals surface area contributed by atoms with Crippen LogP contribution in [0.3, 0.4) is 0 Å². The fourth-order valence-electron chi connectivity index (χ4n) is 2.08. The van der Waals surface area contributed by atoms with Gasteiger partial charge in [0.15, 0.2) is 0 Å². The molecule has 0 aliphatic carbocycles. The average Bonchev–Trinajstić information content (AvgIpc) is 2.34. The van der Waals surface area contributed by atoms with Crippen LogP contribution in [0.4, 0.5) is 26.3 Å². The van der Waals surface area contributed by atoms with E-state index in [0.717, 1.165) is 6.07 Å². The number of fused-ring (bicyclic) bond motifs is 1. The Morgan fingerprint density at radius 3 is 2.29 bits per heavy atom. The Hall–Kier alpha value is -1.93. The van der Waals surface area contributed by atoms with Crippen molar-refractivity contribution in [2.75, 3.05) is 0 Å². The highest BCUT2D eigenvalue weighted by atomic mass is 19.4. The fraction of sp³-hybridized carbons (Fsp3) is 0.417. The molecule has 0 aromatic heterocycles. The van der Waals surface area contributed by atoms with Crippen molar-refractivity contribution in [3.05, 3.63) is 29.3 Å². The molecule has 0 radical (unpaired) electrons. The first-order valence-electron chi connectivity index (χ1n) is 5.66. The number of aliphatic carboxylic acids is 1. The van der Waals surface area contributed by atoms with Gasteiger partial charge in [-0.15, -0.1) is 0 Å². The molecular formula is C12H8F6O3. The number of carbonyl (C=O) groups is 1. The molecule has 116 valence electrons. The lowest BCUT2D eigenvalue weighted by molar-refractivity contribution is -0.217. The van der Waals surface area contributed by atoms with Crippen molar-refractivity contribution in [3.63, 3.8) is 0 Å². The molecule has 0 bridgehead atoms. The lowest BCUT2D eigenvalue weighted by Gasteiger charge is -2.32. The minimum Gasteiger partial charge on any atom is -0.481 e. The standard InChI is InChI=1S/C12H8F6O3/c13-11(14,15)6-2-1-5-3-7(10(19)20)9(12(16,17)18)21-8(5)4-6/h1-2,4,7,9H,3H2,(H,19,20). The van der Waals surface area contributed by atoms with E-state index >= 15 is 0 Å². The third kappa shape index (κ3) is 3.06. The molecule has 1 heterocycles. The molecule has 0 spiro atoms. The number of carboxylic acid groups (broad SMARTS) is 1. The van der Waals surface area contributed by atoms with E-state index in [2.05, 4.69) is 4.74 Å². The Labute approximate surface area is 114 Å². The van der Waals surface area contributed by atoms with Crippen molar-refractivity contribution >= 4 is 5.97 Å². The van der Waals surface area contributed by atoms with Crippen molar-refractivity contribution in [2.24, 2.45) is 5.92 Å². The zero-order chi connectivity index (χ0) is 16.0. The Morgan fingerprint density at radius 2 is 1.81 bits per heavy atom. The summed E-state index contributed by atoms with van der Waals surface area (Å²) in [6.45, 7) is 0. The summed E-state index contributed by atoms with van der Waals surface area (Å²) < 4.78 is 80.4. The molecule has 0 fully saturated rings. The van der Waals surface area contributed by atoms with Crippen molar-refractivity contribution in [1.82, 2.24) is 0 Å². The predicted molar refractivity (Wildman–Crippen MR) is 56.7 cm³/mol. The molecule has 0 saturated heterocycles. The van der Waals surface area contributed by atoms with E-state index in [1.165, 1.54) is 0 Å². The first-order chi connectivity index (χ1) is 9.50. The van der Waals surface area contributed by atoms with Crippen molar-refractivity contribution in [3.8, 4) is 5.75 Å². The van der Waals surface area contributed by atoms with Crippen LogP contribution in [0.2, 0.25) is 0 Å². The Bertz CT molecular complexity index is 563. The summed E-state index contributed by atoms with van der Waals surface area (Å²) in [4.78, 5) is 10.9. The van der Waals surface area contributed by atoms with Gasteiger partial charge in [0.25, 0.3) is 0 Å². The third-order valence-electron chi connectivity index (χ3n) is 3.09. The van der Waals surface area contributed by atoms with Gasteiger partial charge in [0.05, 0.1) is 5.56 Å². The van der Waals surface area contributed by atoms with E-state index in [1.807, 2.05) is 0 Å². The second kappa shape index (κ2) is 4.81. The molecule has 1 aromatic rings. The molecule has 9 heteroatoms. The summed E-state index contributed by atoms with van der Waals surface area (Å²) in [5.74, 6) is -4.21. The van der Waals surface area contributed by atoms with E-state index in [9.17, 15) is 31.1 Å². The number of ether oxygens (including phenoxy) is 1. The van der Waals surface area contributed by atoms with Gasteiger partial charge in [-0.2, -0.15) is 26.3 Å². The lowest BCUT2D eigenvalue weighted by atomic mass is 9.89. The highest BCUT2D eigenvalue weighted by molar-refractivity contribution is 5.72. The first kappa shape index (κ1) is 15.5. The van der Waals surface area contributed by atoms with Gasteiger partial charge in [0.2, 0.25) is 6.10 Å². The molecule has 21 heavy (non-hydrogen) atoms. The van der Waals surface area contributed by atoms with E-state index < -0.39 is 48.1 Å². The summed E-state index contributed by atoms with van der Waals surface area (Å²) in [7, 11) is 0. The van der Waals surface area contributed by atoms with Gasteiger partial charge >= 0.3 is 18.3 Å². The molecular weight excluding hydrogens is 306 g/mol. The molecule has 2 atom stereocenters. The minimum atomic E-state index is -4.99. The van der Waals surface area contributed by atoms with Crippen molar-refractivity contribution in [2.45, 2.75) is 24.9 Å². The third-order valence-corrected chi connectivity index (χ3v) is 3.09. The zero-order valence-electron chi connectivity index (χ0n) is 10.1. The van der Waals surface area contributed by atoms with E-state index in [4.69, 9.17) is 5.11 Å². The van der Waals surface area contributed by atoms with Gasteiger partial charge < -0.3 is 9.84 Å². The lowest BCUT2D eigenvalue weighted by Crippen LogP contribution is -2.47. The van der Waals surface area contributed by atoms with Crippen LogP contribution in [0.5, 0.6) is 5.75 Å². The molecule has 1 aliphatic rings. The van der Waals surface area contributed by atoms with Crippen LogP contribution in [0.15, 0.2) is 18.2 Å². The maximum absolute atomic E-state index is 12.8. The predicted octanol–water partition coefficient (Wildman–Crippen LogP) is 3.27. The first-order valence-corrected chi connectivity index (χ1v) is 5.66. The van der Waals surface area contributed by atoms with Gasteiger partial charge in [0, 0.05) is 0 Å². The van der Waals surface area contributed by atoms with Crippen LogP contribution in [-0.4, -0.2) is 23.4 Å². The van der Waals surface area contributed by atoms with Gasteiger partial charge in [-0.25, -0.2) is 0 Å². The number of hydrogen-bond donors (Lipinski definition) is 1. The number of carboxylic acids is 1. The second-order valence-corrected chi connectivity index (χ2v) is 4.55. The van der Waals surface area contributed by atoms with Gasteiger partial charge in [-0.1, -0.05) is 6.07 Å². The largest absolute Gasteiger partial charge is 0.481 e. The number of rotatable bonds is 1. The van der Waals surface area contributed by atoms with Crippen LogP contribution in [-0.2, 0) is 17.4 Å².